The van der Waals surface area contributed by atoms with Gasteiger partial charge >= 0.3 is 0 Å². The zero-order valence-corrected chi connectivity index (χ0v) is 14.2. The first kappa shape index (κ1) is 16.4. The Balaban J connectivity index is 1.83. The van der Waals surface area contributed by atoms with Crippen LogP contribution in [0.3, 0.4) is 0 Å². The number of sulfonamides is 1. The maximum Gasteiger partial charge on any atom is 0.243 e. The number of morpholine rings is 1. The molecule has 0 bridgehead atoms. The third kappa shape index (κ3) is 3.41. The molecule has 0 spiro atoms. The van der Waals surface area contributed by atoms with Crippen molar-refractivity contribution in [1.82, 2.24) is 4.31 Å². The molecule has 1 saturated carbocycles. The second-order valence-corrected chi connectivity index (χ2v) is 8.21. The van der Waals surface area contributed by atoms with E-state index in [1.54, 1.807) is 25.1 Å². The highest BCUT2D eigenvalue weighted by Gasteiger charge is 2.39. The molecule has 126 valence electrons. The van der Waals surface area contributed by atoms with Crippen LogP contribution in [0.2, 0.25) is 0 Å². The molecule has 1 aromatic carbocycles. The van der Waals surface area contributed by atoms with Gasteiger partial charge in [-0.05, 0) is 37.0 Å². The summed E-state index contributed by atoms with van der Waals surface area (Å²) in [5.41, 5.74) is 1.21. The van der Waals surface area contributed by atoms with E-state index in [1.807, 2.05) is 6.92 Å². The summed E-state index contributed by atoms with van der Waals surface area (Å²) in [5.74, 6) is 0.434. The molecule has 0 radical (unpaired) electrons. The molecular weight excluding hydrogens is 316 g/mol. The molecule has 1 amide bonds. The van der Waals surface area contributed by atoms with Crippen molar-refractivity contribution in [3.63, 3.8) is 0 Å². The minimum atomic E-state index is -3.56. The largest absolute Gasteiger partial charge is 0.379 e. The first-order valence-electron chi connectivity index (χ1n) is 7.89. The second kappa shape index (κ2) is 6.22. The molecule has 2 atom stereocenters. The number of rotatable bonds is 4. The number of carbonyl (C=O) groups is 1. The third-order valence-corrected chi connectivity index (χ3v) is 6.53. The van der Waals surface area contributed by atoms with Gasteiger partial charge in [-0.3, -0.25) is 4.79 Å². The van der Waals surface area contributed by atoms with E-state index in [1.165, 1.54) is 4.31 Å². The van der Waals surface area contributed by atoms with Gasteiger partial charge in [-0.2, -0.15) is 4.31 Å². The second-order valence-electron chi connectivity index (χ2n) is 6.31. The Morgan fingerprint density at radius 2 is 1.96 bits per heavy atom. The molecule has 1 heterocycles. The molecule has 7 heteroatoms. The average Bonchev–Trinajstić information content (AvgIpc) is 3.27. The van der Waals surface area contributed by atoms with Gasteiger partial charge in [0.25, 0.3) is 0 Å². The van der Waals surface area contributed by atoms with Crippen LogP contribution in [0.15, 0.2) is 23.1 Å². The predicted octanol–water partition coefficient (Wildman–Crippen LogP) is 1.61. The van der Waals surface area contributed by atoms with Crippen LogP contribution >= 0.6 is 0 Å². The maximum atomic E-state index is 12.8. The summed E-state index contributed by atoms with van der Waals surface area (Å²) < 4.78 is 32.3. The normalized spacial score (nSPS) is 25.1. The molecule has 1 aliphatic carbocycles. The van der Waals surface area contributed by atoms with E-state index in [9.17, 15) is 13.2 Å². The Labute approximate surface area is 136 Å². The number of hydrogen-bond donors (Lipinski definition) is 1. The minimum absolute atomic E-state index is 0.0314. The average molecular weight is 338 g/mol. The molecule has 2 aliphatic rings. The van der Waals surface area contributed by atoms with E-state index >= 15 is 0 Å². The van der Waals surface area contributed by atoms with Gasteiger partial charge in [0, 0.05) is 24.7 Å². The fraction of sp³-hybridized carbons (Fsp3) is 0.562. The van der Waals surface area contributed by atoms with Crippen molar-refractivity contribution in [2.24, 2.45) is 11.8 Å². The van der Waals surface area contributed by atoms with Gasteiger partial charge in [0.05, 0.1) is 18.1 Å². The number of hydrogen-bond acceptors (Lipinski definition) is 4. The van der Waals surface area contributed by atoms with Crippen molar-refractivity contribution >= 4 is 21.6 Å². The summed E-state index contributed by atoms with van der Waals surface area (Å²) >= 11 is 0. The molecule has 1 aliphatic heterocycles. The van der Waals surface area contributed by atoms with E-state index in [4.69, 9.17) is 4.74 Å². The molecule has 6 nitrogen and oxygen atoms in total. The number of benzene rings is 1. The molecule has 1 saturated heterocycles. The smallest absolute Gasteiger partial charge is 0.243 e. The van der Waals surface area contributed by atoms with E-state index < -0.39 is 10.0 Å². The monoisotopic (exact) mass is 338 g/mol. The molecule has 0 unspecified atom stereocenters. The summed E-state index contributed by atoms with van der Waals surface area (Å²) in [5, 5.41) is 2.83. The van der Waals surface area contributed by atoms with Crippen LogP contribution in [0.4, 0.5) is 5.69 Å². The summed E-state index contributed by atoms with van der Waals surface area (Å²) in [7, 11) is -3.56. The van der Waals surface area contributed by atoms with Crippen molar-refractivity contribution in [3.05, 3.63) is 23.8 Å². The van der Waals surface area contributed by atoms with Crippen LogP contribution in [0, 0.1) is 18.8 Å². The Morgan fingerprint density at radius 3 is 2.57 bits per heavy atom. The van der Waals surface area contributed by atoms with Crippen molar-refractivity contribution in [2.45, 2.75) is 25.2 Å². The summed E-state index contributed by atoms with van der Waals surface area (Å²) in [6, 6.07) is 5.04. The predicted molar refractivity (Wildman–Crippen MR) is 86.7 cm³/mol. The van der Waals surface area contributed by atoms with Crippen LogP contribution in [-0.4, -0.2) is 44.9 Å². The van der Waals surface area contributed by atoms with Gasteiger partial charge in [0.15, 0.2) is 0 Å². The lowest BCUT2D eigenvalue weighted by Crippen LogP contribution is -2.40. The molecule has 3 rings (SSSR count). The fourth-order valence-corrected chi connectivity index (χ4v) is 4.46. The number of aryl methyl sites for hydroxylation is 1. The summed E-state index contributed by atoms with van der Waals surface area (Å²) in [6.07, 6.45) is 0.899. The van der Waals surface area contributed by atoms with Gasteiger partial charge in [-0.1, -0.05) is 13.0 Å². The zero-order chi connectivity index (χ0) is 16.6. The number of nitrogens with zero attached hydrogens (tertiary/aromatic N) is 1. The first-order valence-corrected chi connectivity index (χ1v) is 9.33. The van der Waals surface area contributed by atoms with Crippen LogP contribution in [0.5, 0.6) is 0 Å². The Hall–Kier alpha value is -1.44. The van der Waals surface area contributed by atoms with Gasteiger partial charge in [0.2, 0.25) is 15.9 Å². The number of ether oxygens (including phenoxy) is 1. The van der Waals surface area contributed by atoms with Gasteiger partial charge in [0.1, 0.15) is 0 Å². The lowest BCUT2D eigenvalue weighted by Gasteiger charge is -2.26. The number of nitrogens with one attached hydrogen (secondary N) is 1. The van der Waals surface area contributed by atoms with Crippen LogP contribution < -0.4 is 5.32 Å². The first-order chi connectivity index (χ1) is 10.9. The highest BCUT2D eigenvalue weighted by atomic mass is 32.2. The molecule has 1 N–H and O–H groups in total. The maximum absolute atomic E-state index is 12.8. The lowest BCUT2D eigenvalue weighted by molar-refractivity contribution is -0.117. The molecular formula is C16H22N2O4S. The van der Waals surface area contributed by atoms with Crippen molar-refractivity contribution in [1.29, 1.82) is 0 Å². The van der Waals surface area contributed by atoms with Gasteiger partial charge < -0.3 is 10.1 Å². The van der Waals surface area contributed by atoms with E-state index in [2.05, 4.69) is 5.32 Å². The van der Waals surface area contributed by atoms with Crippen molar-refractivity contribution in [3.8, 4) is 0 Å². The van der Waals surface area contributed by atoms with Crippen LogP contribution in [-0.2, 0) is 19.6 Å². The molecule has 23 heavy (non-hydrogen) atoms. The lowest BCUT2D eigenvalue weighted by atomic mass is 10.2. The molecule has 2 fully saturated rings. The number of anilines is 1. The van der Waals surface area contributed by atoms with Gasteiger partial charge in [-0.25, -0.2) is 8.42 Å². The highest BCUT2D eigenvalue weighted by molar-refractivity contribution is 7.89. The number of amides is 1. The topological polar surface area (TPSA) is 75.7 Å². The van der Waals surface area contributed by atoms with Crippen LogP contribution in [0.1, 0.15) is 18.9 Å². The standard InChI is InChI=1S/C16H22N2O4S/c1-11-3-4-13(17-16(19)14-9-12(14)2)10-15(11)23(20,21)18-5-7-22-8-6-18/h3-4,10,12,14H,5-9H2,1-2H3,(H,17,19)/t12-,14+/m0/s1. The van der Waals surface area contributed by atoms with Crippen molar-refractivity contribution in [2.75, 3.05) is 31.6 Å². The summed E-state index contributed by atoms with van der Waals surface area (Å²) in [4.78, 5) is 12.3. The Morgan fingerprint density at radius 1 is 1.30 bits per heavy atom. The fourth-order valence-electron chi connectivity index (χ4n) is 2.80. The number of carbonyl (C=O) groups excluding carboxylic acids is 1. The van der Waals surface area contributed by atoms with E-state index in [-0.39, 0.29) is 16.7 Å². The van der Waals surface area contributed by atoms with Crippen molar-refractivity contribution < 1.29 is 17.9 Å². The summed E-state index contributed by atoms with van der Waals surface area (Å²) in [6.45, 7) is 5.34. The van der Waals surface area contributed by atoms with Gasteiger partial charge in [-0.15, -0.1) is 0 Å². The quantitative estimate of drug-likeness (QED) is 0.905. The minimum Gasteiger partial charge on any atom is -0.379 e. The van der Waals surface area contributed by atoms with E-state index in [0.717, 1.165) is 6.42 Å². The Kier molecular flexibility index (Phi) is 4.44. The third-order valence-electron chi connectivity index (χ3n) is 4.49. The Bertz CT molecular complexity index is 711. The SMILES string of the molecule is Cc1ccc(NC(=O)[C@@H]2C[C@@H]2C)cc1S(=O)(=O)N1CCOCC1. The van der Waals surface area contributed by atoms with Crippen LogP contribution in [0.25, 0.3) is 0 Å². The highest BCUT2D eigenvalue weighted by Crippen LogP contribution is 2.38. The molecule has 1 aromatic rings. The van der Waals surface area contributed by atoms with E-state index in [0.29, 0.717) is 43.5 Å². The molecule has 0 aromatic heterocycles. The zero-order valence-electron chi connectivity index (χ0n) is 13.4.